The lowest BCUT2D eigenvalue weighted by atomic mass is 10.2. The maximum atomic E-state index is 12.3. The Kier molecular flexibility index (Phi) is 5.97. The number of fused-ring (bicyclic) bond motifs is 1. The Labute approximate surface area is 163 Å². The number of nitrogens with one attached hydrogen (secondary N) is 1. The molecule has 0 atom stereocenters. The van der Waals surface area contributed by atoms with Crippen molar-refractivity contribution in [2.75, 3.05) is 11.9 Å². The molecule has 0 aliphatic heterocycles. The van der Waals surface area contributed by atoms with Crippen LogP contribution in [0.4, 0.5) is 10.5 Å². The first kappa shape index (κ1) is 18.8. The second kappa shape index (κ2) is 8.59. The molecular weight excluding hydrogens is 414 g/mol. The highest BCUT2D eigenvalue weighted by molar-refractivity contribution is 9.10. The third-order valence-corrected chi connectivity index (χ3v) is 4.02. The van der Waals surface area contributed by atoms with Crippen molar-refractivity contribution in [2.45, 2.75) is 13.5 Å². The molecule has 1 amide bonds. The Bertz CT molecular complexity index is 979. The van der Waals surface area contributed by atoms with Crippen LogP contribution >= 0.6 is 15.9 Å². The summed E-state index contributed by atoms with van der Waals surface area (Å²) in [4.78, 5) is 32.9. The highest BCUT2D eigenvalue weighted by Gasteiger charge is 2.19. The summed E-state index contributed by atoms with van der Waals surface area (Å²) in [6.45, 7) is 1.99. The van der Waals surface area contributed by atoms with E-state index in [0.29, 0.717) is 15.5 Å². The minimum absolute atomic E-state index is 0.000823. The molecule has 0 unspecified atom stereocenters. The van der Waals surface area contributed by atoms with Gasteiger partial charge < -0.3 is 9.47 Å². The van der Waals surface area contributed by atoms with Crippen LogP contribution in [0.15, 0.2) is 53.3 Å². The molecular formula is C19H16BrN3O4. The molecule has 0 saturated carbocycles. The monoisotopic (exact) mass is 429 g/mol. The number of hydrogen-bond donors (Lipinski definition) is 1. The maximum Gasteiger partial charge on any atom is 0.412 e. The second-order valence-electron chi connectivity index (χ2n) is 5.49. The predicted molar refractivity (Wildman–Crippen MR) is 103 cm³/mol. The first-order valence-electron chi connectivity index (χ1n) is 8.18. The Morgan fingerprint density at radius 3 is 2.67 bits per heavy atom. The highest BCUT2D eigenvalue weighted by atomic mass is 79.9. The number of benzene rings is 1. The van der Waals surface area contributed by atoms with E-state index in [2.05, 4.69) is 31.2 Å². The summed E-state index contributed by atoms with van der Waals surface area (Å²) in [6.07, 6.45) is 0.887. The summed E-state index contributed by atoms with van der Waals surface area (Å²) in [7, 11) is 0. The Morgan fingerprint density at radius 1 is 1.15 bits per heavy atom. The van der Waals surface area contributed by atoms with Crippen LogP contribution in [0.25, 0.3) is 10.9 Å². The normalized spacial score (nSPS) is 10.4. The fourth-order valence-corrected chi connectivity index (χ4v) is 2.68. The molecule has 2 aromatic heterocycles. The molecule has 138 valence electrons. The third-order valence-electron chi connectivity index (χ3n) is 3.58. The molecule has 0 spiro atoms. The molecule has 0 aliphatic carbocycles. The van der Waals surface area contributed by atoms with Gasteiger partial charge in [0.25, 0.3) is 0 Å². The van der Waals surface area contributed by atoms with Crippen molar-refractivity contribution in [3.63, 3.8) is 0 Å². The van der Waals surface area contributed by atoms with Crippen LogP contribution in [-0.4, -0.2) is 28.6 Å². The van der Waals surface area contributed by atoms with Gasteiger partial charge in [0.1, 0.15) is 11.2 Å². The number of anilines is 1. The smallest absolute Gasteiger partial charge is 0.412 e. The number of amides is 1. The van der Waals surface area contributed by atoms with E-state index in [-0.39, 0.29) is 24.6 Å². The zero-order valence-electron chi connectivity index (χ0n) is 14.4. The zero-order chi connectivity index (χ0) is 19.2. The molecule has 8 heteroatoms. The van der Waals surface area contributed by atoms with Gasteiger partial charge in [0.2, 0.25) is 0 Å². The van der Waals surface area contributed by atoms with Crippen molar-refractivity contribution < 1.29 is 19.1 Å². The standard InChI is InChI=1S/C19H16BrN3O4/c1-2-26-18(24)17-15(8-13-10-21-16(20)9-14(13)22-17)23-19(25)27-11-12-6-4-3-5-7-12/h3-10H,2,11H2,1H3,(H,23,25). The lowest BCUT2D eigenvalue weighted by Gasteiger charge is -2.12. The van der Waals surface area contributed by atoms with Crippen LogP contribution in [-0.2, 0) is 16.1 Å². The predicted octanol–water partition coefficient (Wildman–Crippen LogP) is 4.32. The van der Waals surface area contributed by atoms with E-state index in [4.69, 9.17) is 9.47 Å². The minimum Gasteiger partial charge on any atom is -0.461 e. The van der Waals surface area contributed by atoms with Gasteiger partial charge in [-0.2, -0.15) is 0 Å². The lowest BCUT2D eigenvalue weighted by Crippen LogP contribution is -2.18. The van der Waals surface area contributed by atoms with Crippen LogP contribution < -0.4 is 5.32 Å². The van der Waals surface area contributed by atoms with Gasteiger partial charge in [-0.1, -0.05) is 30.3 Å². The maximum absolute atomic E-state index is 12.3. The SMILES string of the molecule is CCOC(=O)c1nc2cc(Br)ncc2cc1NC(=O)OCc1ccccc1. The molecule has 27 heavy (non-hydrogen) atoms. The minimum atomic E-state index is -0.698. The zero-order valence-corrected chi connectivity index (χ0v) is 16.0. The van der Waals surface area contributed by atoms with Crippen LogP contribution in [0.2, 0.25) is 0 Å². The lowest BCUT2D eigenvalue weighted by molar-refractivity contribution is 0.0521. The van der Waals surface area contributed by atoms with Gasteiger partial charge in [0.05, 0.1) is 17.8 Å². The average molecular weight is 430 g/mol. The van der Waals surface area contributed by atoms with E-state index in [1.54, 1.807) is 25.3 Å². The van der Waals surface area contributed by atoms with E-state index >= 15 is 0 Å². The number of carbonyl (C=O) groups is 2. The van der Waals surface area contributed by atoms with Gasteiger partial charge in [-0.15, -0.1) is 0 Å². The van der Waals surface area contributed by atoms with Gasteiger partial charge in [-0.3, -0.25) is 5.32 Å². The molecule has 0 aliphatic rings. The highest BCUT2D eigenvalue weighted by Crippen LogP contribution is 2.23. The number of carbonyl (C=O) groups excluding carboxylic acids is 2. The van der Waals surface area contributed by atoms with E-state index in [0.717, 1.165) is 5.56 Å². The quantitative estimate of drug-likeness (QED) is 0.479. The summed E-state index contributed by atoms with van der Waals surface area (Å²) in [5.74, 6) is -0.634. The first-order chi connectivity index (χ1) is 13.1. The number of nitrogens with zero attached hydrogens (tertiary/aromatic N) is 2. The molecule has 0 fully saturated rings. The topological polar surface area (TPSA) is 90.4 Å². The summed E-state index contributed by atoms with van der Waals surface area (Å²) in [6, 6.07) is 12.6. The Hall–Kier alpha value is -3.00. The molecule has 2 heterocycles. The molecule has 0 radical (unpaired) electrons. The van der Waals surface area contributed by atoms with Crippen molar-refractivity contribution in [2.24, 2.45) is 0 Å². The first-order valence-corrected chi connectivity index (χ1v) is 8.97. The molecule has 3 aromatic rings. The van der Waals surface area contributed by atoms with Crippen molar-refractivity contribution in [3.8, 4) is 0 Å². The van der Waals surface area contributed by atoms with E-state index in [1.165, 1.54) is 0 Å². The van der Waals surface area contributed by atoms with E-state index in [9.17, 15) is 9.59 Å². The van der Waals surface area contributed by atoms with Gasteiger partial charge in [0, 0.05) is 11.6 Å². The fraction of sp³-hybridized carbons (Fsp3) is 0.158. The van der Waals surface area contributed by atoms with Crippen molar-refractivity contribution in [1.29, 1.82) is 0 Å². The third kappa shape index (κ3) is 4.79. The fourth-order valence-electron chi connectivity index (χ4n) is 2.36. The molecule has 3 rings (SSSR count). The second-order valence-corrected chi connectivity index (χ2v) is 6.30. The van der Waals surface area contributed by atoms with Crippen LogP contribution in [0.3, 0.4) is 0 Å². The number of esters is 1. The number of rotatable bonds is 5. The summed E-state index contributed by atoms with van der Waals surface area (Å²) >= 11 is 3.27. The number of ether oxygens (including phenoxy) is 2. The van der Waals surface area contributed by atoms with Crippen molar-refractivity contribution >= 4 is 44.6 Å². The largest absolute Gasteiger partial charge is 0.461 e. The molecule has 0 saturated heterocycles. The van der Waals surface area contributed by atoms with Crippen LogP contribution in [0, 0.1) is 0 Å². The molecule has 1 N–H and O–H groups in total. The van der Waals surface area contributed by atoms with Crippen molar-refractivity contribution in [3.05, 3.63) is 64.5 Å². The number of pyridine rings is 2. The van der Waals surface area contributed by atoms with Crippen LogP contribution in [0.5, 0.6) is 0 Å². The molecule has 1 aromatic carbocycles. The summed E-state index contributed by atoms with van der Waals surface area (Å²) < 4.78 is 10.8. The molecule has 7 nitrogen and oxygen atoms in total. The Balaban J connectivity index is 1.84. The van der Waals surface area contributed by atoms with Gasteiger partial charge in [0.15, 0.2) is 5.69 Å². The van der Waals surface area contributed by atoms with Gasteiger partial charge in [-0.25, -0.2) is 19.6 Å². The summed E-state index contributed by atoms with van der Waals surface area (Å²) in [5.41, 5.74) is 1.59. The van der Waals surface area contributed by atoms with Gasteiger partial charge in [-0.05, 0) is 40.5 Å². The van der Waals surface area contributed by atoms with Crippen molar-refractivity contribution in [1.82, 2.24) is 9.97 Å². The van der Waals surface area contributed by atoms with Gasteiger partial charge >= 0.3 is 12.1 Å². The number of hydrogen-bond acceptors (Lipinski definition) is 6. The van der Waals surface area contributed by atoms with Crippen LogP contribution in [0.1, 0.15) is 23.0 Å². The number of halogens is 1. The summed E-state index contributed by atoms with van der Waals surface area (Å²) in [5, 5.41) is 3.22. The number of aromatic nitrogens is 2. The van der Waals surface area contributed by atoms with E-state index < -0.39 is 12.1 Å². The Morgan fingerprint density at radius 2 is 1.93 bits per heavy atom. The molecule has 0 bridgehead atoms. The average Bonchev–Trinajstić information content (AvgIpc) is 2.67. The van der Waals surface area contributed by atoms with E-state index in [1.807, 2.05) is 30.3 Å².